The number of nitrogens with one attached hydrogen (secondary N) is 2. The third-order valence-electron chi connectivity index (χ3n) is 1.24. The summed E-state index contributed by atoms with van der Waals surface area (Å²) in [5.74, 6) is 0.582. The van der Waals surface area contributed by atoms with Gasteiger partial charge in [-0.05, 0) is 14.0 Å². The van der Waals surface area contributed by atoms with Crippen molar-refractivity contribution in [3.63, 3.8) is 0 Å². The fourth-order valence-electron chi connectivity index (χ4n) is 0.645. The summed E-state index contributed by atoms with van der Waals surface area (Å²) in [6, 6.07) is 0. The predicted octanol–water partition coefficient (Wildman–Crippen LogP) is -0.374. The van der Waals surface area contributed by atoms with Crippen molar-refractivity contribution in [3.8, 4) is 0 Å². The number of aromatic amines is 1. The van der Waals surface area contributed by atoms with Gasteiger partial charge in [-0.1, -0.05) is 0 Å². The van der Waals surface area contributed by atoms with Gasteiger partial charge < -0.3 is 4.98 Å². The Bertz CT molecular complexity index is 340. The molecule has 0 bridgehead atoms. The Morgan fingerprint density at radius 3 is 2.64 bits per heavy atom. The SMILES string of the molecule is CNS(=O)(=O)c1cnc(C)[nH]1. The van der Waals surface area contributed by atoms with Gasteiger partial charge in [0.05, 0.1) is 6.20 Å². The molecule has 1 heterocycles. The zero-order valence-electron chi connectivity index (χ0n) is 6.25. The van der Waals surface area contributed by atoms with Crippen molar-refractivity contribution >= 4 is 10.0 Å². The molecule has 1 rings (SSSR count). The Hall–Kier alpha value is -0.880. The van der Waals surface area contributed by atoms with Gasteiger partial charge in [0.15, 0.2) is 5.03 Å². The topological polar surface area (TPSA) is 74.8 Å². The molecule has 0 radical (unpaired) electrons. The second-order valence-electron chi connectivity index (χ2n) is 2.04. The minimum Gasteiger partial charge on any atom is -0.332 e. The first kappa shape index (κ1) is 8.22. The Kier molecular flexibility index (Phi) is 1.97. The van der Waals surface area contributed by atoms with E-state index in [1.807, 2.05) is 0 Å². The molecule has 0 amide bonds. The molecule has 0 atom stereocenters. The number of hydrogen-bond donors (Lipinski definition) is 2. The van der Waals surface area contributed by atoms with E-state index in [4.69, 9.17) is 0 Å². The number of sulfonamides is 1. The largest absolute Gasteiger partial charge is 0.332 e. The van der Waals surface area contributed by atoms with Crippen LogP contribution >= 0.6 is 0 Å². The van der Waals surface area contributed by atoms with Gasteiger partial charge in [-0.25, -0.2) is 18.1 Å². The van der Waals surface area contributed by atoms with Crippen LogP contribution in [0.25, 0.3) is 0 Å². The van der Waals surface area contributed by atoms with Crippen molar-refractivity contribution in [2.75, 3.05) is 7.05 Å². The van der Waals surface area contributed by atoms with E-state index in [0.717, 1.165) is 0 Å². The van der Waals surface area contributed by atoms with Gasteiger partial charge in [0.2, 0.25) is 0 Å². The number of H-pyrrole nitrogens is 1. The molecule has 11 heavy (non-hydrogen) atoms. The Labute approximate surface area is 64.9 Å². The maximum absolute atomic E-state index is 11.0. The summed E-state index contributed by atoms with van der Waals surface area (Å²) in [6.45, 7) is 1.69. The average Bonchev–Trinajstić information content (AvgIpc) is 2.36. The van der Waals surface area contributed by atoms with Crippen molar-refractivity contribution in [2.24, 2.45) is 0 Å². The maximum atomic E-state index is 11.0. The maximum Gasteiger partial charge on any atom is 0.257 e. The molecule has 1 aromatic rings. The molecule has 0 aromatic carbocycles. The van der Waals surface area contributed by atoms with Gasteiger partial charge in [-0.3, -0.25) is 0 Å². The third-order valence-corrected chi connectivity index (χ3v) is 2.56. The van der Waals surface area contributed by atoms with E-state index in [0.29, 0.717) is 5.82 Å². The highest BCUT2D eigenvalue weighted by molar-refractivity contribution is 7.89. The van der Waals surface area contributed by atoms with Crippen molar-refractivity contribution in [2.45, 2.75) is 11.9 Å². The first-order chi connectivity index (χ1) is 5.06. The zero-order chi connectivity index (χ0) is 8.48. The van der Waals surface area contributed by atoms with Crippen molar-refractivity contribution in [1.82, 2.24) is 14.7 Å². The van der Waals surface area contributed by atoms with Gasteiger partial charge in [-0.15, -0.1) is 0 Å². The molecule has 0 aliphatic carbocycles. The summed E-state index contributed by atoms with van der Waals surface area (Å²) in [5.41, 5.74) is 0. The van der Waals surface area contributed by atoms with Gasteiger partial charge >= 0.3 is 0 Å². The summed E-state index contributed by atoms with van der Waals surface area (Å²) < 4.78 is 24.2. The lowest BCUT2D eigenvalue weighted by Crippen LogP contribution is -2.18. The van der Waals surface area contributed by atoms with Crippen LogP contribution in [0.4, 0.5) is 0 Å². The van der Waals surface area contributed by atoms with Crippen LogP contribution in [0.2, 0.25) is 0 Å². The molecule has 0 fully saturated rings. The van der Waals surface area contributed by atoms with E-state index in [-0.39, 0.29) is 5.03 Å². The lowest BCUT2D eigenvalue weighted by atomic mass is 10.8. The Balaban J connectivity index is 3.13. The van der Waals surface area contributed by atoms with Crippen LogP contribution in [0.15, 0.2) is 11.2 Å². The first-order valence-corrected chi connectivity index (χ1v) is 4.50. The van der Waals surface area contributed by atoms with E-state index in [2.05, 4.69) is 14.7 Å². The molecule has 0 aliphatic rings. The summed E-state index contributed by atoms with van der Waals surface area (Å²) in [6.07, 6.45) is 1.28. The highest BCUT2D eigenvalue weighted by Crippen LogP contribution is 2.02. The van der Waals surface area contributed by atoms with Gasteiger partial charge in [0.25, 0.3) is 10.0 Å². The molecule has 0 saturated heterocycles. The molecule has 1 aromatic heterocycles. The van der Waals surface area contributed by atoms with E-state index >= 15 is 0 Å². The summed E-state index contributed by atoms with van der Waals surface area (Å²) in [5, 5.41) is 0.0949. The minimum absolute atomic E-state index is 0.0949. The van der Waals surface area contributed by atoms with Gasteiger partial charge in [0.1, 0.15) is 5.82 Å². The quantitative estimate of drug-likeness (QED) is 0.643. The molecule has 5 nitrogen and oxygen atoms in total. The molecule has 0 aliphatic heterocycles. The smallest absolute Gasteiger partial charge is 0.257 e. The molecule has 0 spiro atoms. The van der Waals surface area contributed by atoms with Crippen LogP contribution in [0, 0.1) is 6.92 Å². The van der Waals surface area contributed by atoms with E-state index in [9.17, 15) is 8.42 Å². The number of rotatable bonds is 2. The Morgan fingerprint density at radius 2 is 2.27 bits per heavy atom. The number of aromatic nitrogens is 2. The van der Waals surface area contributed by atoms with Crippen LogP contribution < -0.4 is 4.72 Å². The van der Waals surface area contributed by atoms with Crippen molar-refractivity contribution < 1.29 is 8.42 Å². The lowest BCUT2D eigenvalue weighted by molar-refractivity contribution is 0.585. The number of nitrogens with zero attached hydrogens (tertiary/aromatic N) is 1. The second-order valence-corrected chi connectivity index (χ2v) is 3.90. The molecule has 0 unspecified atom stereocenters. The monoisotopic (exact) mass is 175 g/mol. The molecular weight excluding hydrogens is 166 g/mol. The summed E-state index contributed by atoms with van der Waals surface area (Å²) in [7, 11) is -1.99. The standard InChI is InChI=1S/C5H9N3O2S/c1-4-7-3-5(8-4)11(9,10)6-2/h3,6H,1-2H3,(H,7,8). The zero-order valence-corrected chi connectivity index (χ0v) is 7.07. The molecule has 62 valence electrons. The molecule has 2 N–H and O–H groups in total. The van der Waals surface area contributed by atoms with E-state index < -0.39 is 10.0 Å². The van der Waals surface area contributed by atoms with Crippen LogP contribution in [-0.4, -0.2) is 25.4 Å². The van der Waals surface area contributed by atoms with Crippen LogP contribution in [-0.2, 0) is 10.0 Å². The summed E-state index contributed by atoms with van der Waals surface area (Å²) >= 11 is 0. The lowest BCUT2D eigenvalue weighted by Gasteiger charge is -1.95. The molecule has 0 saturated carbocycles. The van der Waals surface area contributed by atoms with Gasteiger partial charge in [0, 0.05) is 0 Å². The van der Waals surface area contributed by atoms with Gasteiger partial charge in [-0.2, -0.15) is 0 Å². The van der Waals surface area contributed by atoms with Crippen molar-refractivity contribution in [1.29, 1.82) is 0 Å². The van der Waals surface area contributed by atoms with E-state index in [1.165, 1.54) is 13.2 Å². The first-order valence-electron chi connectivity index (χ1n) is 3.01. The number of imidazole rings is 1. The predicted molar refractivity (Wildman–Crippen MR) is 39.6 cm³/mol. The highest BCUT2D eigenvalue weighted by atomic mass is 32.2. The van der Waals surface area contributed by atoms with Crippen molar-refractivity contribution in [3.05, 3.63) is 12.0 Å². The normalized spacial score (nSPS) is 11.8. The number of aryl methyl sites for hydroxylation is 1. The Morgan fingerprint density at radius 1 is 1.64 bits per heavy atom. The van der Waals surface area contributed by atoms with Crippen LogP contribution in [0.3, 0.4) is 0 Å². The molecule has 6 heteroatoms. The average molecular weight is 175 g/mol. The summed E-state index contributed by atoms with van der Waals surface area (Å²) in [4.78, 5) is 6.36. The van der Waals surface area contributed by atoms with Crippen LogP contribution in [0.1, 0.15) is 5.82 Å². The van der Waals surface area contributed by atoms with Crippen LogP contribution in [0.5, 0.6) is 0 Å². The second kappa shape index (κ2) is 2.63. The fourth-order valence-corrected chi connectivity index (χ4v) is 1.34. The number of hydrogen-bond acceptors (Lipinski definition) is 3. The fraction of sp³-hybridized carbons (Fsp3) is 0.400. The third kappa shape index (κ3) is 1.58. The highest BCUT2D eigenvalue weighted by Gasteiger charge is 2.12. The van der Waals surface area contributed by atoms with E-state index in [1.54, 1.807) is 6.92 Å². The minimum atomic E-state index is -3.35. The molecular formula is C5H9N3O2S.